The molecule has 1 aliphatic heterocycles. The van der Waals surface area contributed by atoms with E-state index in [4.69, 9.17) is 7.98 Å². The van der Waals surface area contributed by atoms with E-state index >= 15 is 0 Å². The Morgan fingerprint density at radius 1 is 1.88 bits per heavy atom. The van der Waals surface area contributed by atoms with Crippen LogP contribution in [-0.4, -0.2) is 24.7 Å². The van der Waals surface area contributed by atoms with Gasteiger partial charge in [0.1, 0.15) is 0 Å². The lowest BCUT2D eigenvalue weighted by molar-refractivity contribution is -0.129. The zero-order chi connectivity index (χ0) is 6.31. The van der Waals surface area contributed by atoms with Crippen LogP contribution in [0.2, 0.25) is 0 Å². The summed E-state index contributed by atoms with van der Waals surface area (Å²) in [5.74, 6) is -0.141. The molecule has 8 heavy (non-hydrogen) atoms. The van der Waals surface area contributed by atoms with Gasteiger partial charge in [-0.25, -0.2) is 0 Å². The molecule has 1 atom stereocenters. The number of rotatable bonds is 0. The highest BCUT2D eigenvalue weighted by atomic mass is 16.2. The fourth-order valence-corrected chi connectivity index (χ4v) is 0.622. The number of nitrogens with zero attached hydrogens (tertiary/aromatic N) is 1. The number of β-lactam (4-membered cyclic amide) rings is 1. The van der Waals surface area contributed by atoms with Crippen LogP contribution in [0.15, 0.2) is 12.2 Å². The van der Waals surface area contributed by atoms with Crippen molar-refractivity contribution in [3.63, 3.8) is 0 Å². The SMILES string of the molecule is [B]N1C(=O)C(=C)C1C. The summed E-state index contributed by atoms with van der Waals surface area (Å²) in [4.78, 5) is 11.6. The molecule has 3 heteroatoms. The monoisotopic (exact) mass is 107 g/mol. The first-order chi connectivity index (χ1) is 3.64. The van der Waals surface area contributed by atoms with E-state index in [2.05, 4.69) is 6.58 Å². The summed E-state index contributed by atoms with van der Waals surface area (Å²) in [6.07, 6.45) is 0. The molecule has 1 unspecified atom stereocenters. The van der Waals surface area contributed by atoms with Crippen LogP contribution in [0.3, 0.4) is 0 Å². The summed E-state index contributed by atoms with van der Waals surface area (Å²) in [5.41, 5.74) is 0.604. The Balaban J connectivity index is 2.68. The fraction of sp³-hybridized carbons (Fsp3) is 0.400. The van der Waals surface area contributed by atoms with Crippen LogP contribution in [0.25, 0.3) is 0 Å². The highest BCUT2D eigenvalue weighted by Crippen LogP contribution is 2.19. The average molecular weight is 107 g/mol. The number of hydrogen-bond acceptors (Lipinski definition) is 1. The zero-order valence-corrected chi connectivity index (χ0v) is 4.72. The third-order valence-corrected chi connectivity index (χ3v) is 1.43. The summed E-state index contributed by atoms with van der Waals surface area (Å²) in [5, 5.41) is 0. The van der Waals surface area contributed by atoms with Crippen LogP contribution in [0.5, 0.6) is 0 Å². The Morgan fingerprint density at radius 3 is 2.50 bits per heavy atom. The molecule has 0 aromatic rings. The first kappa shape index (κ1) is 5.41. The predicted octanol–water partition coefficient (Wildman–Crippen LogP) is -0.143. The topological polar surface area (TPSA) is 20.3 Å². The second-order valence-corrected chi connectivity index (χ2v) is 1.91. The van der Waals surface area contributed by atoms with E-state index in [1.54, 1.807) is 0 Å². The molecule has 40 valence electrons. The molecular weight excluding hydrogens is 101 g/mol. The third-order valence-electron chi connectivity index (χ3n) is 1.43. The molecule has 1 saturated heterocycles. The van der Waals surface area contributed by atoms with Gasteiger partial charge in [-0.1, -0.05) is 6.58 Å². The molecule has 0 aliphatic carbocycles. The molecule has 1 rings (SSSR count). The first-order valence-corrected chi connectivity index (χ1v) is 2.41. The Labute approximate surface area is 49.6 Å². The van der Waals surface area contributed by atoms with Crippen LogP contribution in [-0.2, 0) is 4.79 Å². The van der Waals surface area contributed by atoms with Crippen molar-refractivity contribution in [2.45, 2.75) is 13.0 Å². The highest BCUT2D eigenvalue weighted by Gasteiger charge is 2.32. The standard InChI is InChI=1S/C5H6BNO/c1-3-4(2)7(6)5(3)8/h4H,1H2,2H3. The molecule has 1 aliphatic rings. The van der Waals surface area contributed by atoms with Gasteiger partial charge in [-0.15, -0.1) is 0 Å². The minimum atomic E-state index is -0.141. The molecule has 0 aromatic carbocycles. The Hall–Kier alpha value is -0.725. The van der Waals surface area contributed by atoms with E-state index in [0.29, 0.717) is 5.57 Å². The zero-order valence-electron chi connectivity index (χ0n) is 4.72. The number of carbonyl (C=O) groups excluding carboxylic acids is 1. The van der Waals surface area contributed by atoms with Crippen molar-refractivity contribution >= 4 is 13.9 Å². The molecule has 1 amide bonds. The molecule has 0 spiro atoms. The molecular formula is C5H6BNO. The van der Waals surface area contributed by atoms with Gasteiger partial charge >= 0.3 is 0 Å². The summed E-state index contributed by atoms with van der Waals surface area (Å²) in [6, 6.07) is 0.0440. The first-order valence-electron chi connectivity index (χ1n) is 2.41. The van der Waals surface area contributed by atoms with Gasteiger partial charge in [-0.3, -0.25) is 4.79 Å². The second kappa shape index (κ2) is 1.37. The van der Waals surface area contributed by atoms with Crippen molar-refractivity contribution in [1.82, 2.24) is 4.81 Å². The Kier molecular flexibility index (Phi) is 0.929. The van der Waals surface area contributed by atoms with Gasteiger partial charge in [0.15, 0.2) is 0 Å². The van der Waals surface area contributed by atoms with Crippen molar-refractivity contribution < 1.29 is 4.79 Å². The van der Waals surface area contributed by atoms with E-state index in [1.165, 1.54) is 4.81 Å². The maximum atomic E-state index is 10.5. The summed E-state index contributed by atoms with van der Waals surface area (Å²) >= 11 is 0. The number of hydrogen-bond donors (Lipinski definition) is 0. The van der Waals surface area contributed by atoms with Crippen molar-refractivity contribution in [3.05, 3.63) is 12.2 Å². The van der Waals surface area contributed by atoms with Crippen LogP contribution >= 0.6 is 0 Å². The van der Waals surface area contributed by atoms with E-state index in [-0.39, 0.29) is 11.9 Å². The fourth-order valence-electron chi connectivity index (χ4n) is 0.622. The van der Waals surface area contributed by atoms with Crippen LogP contribution < -0.4 is 0 Å². The minimum absolute atomic E-state index is 0.0440. The van der Waals surface area contributed by atoms with Crippen LogP contribution in [0, 0.1) is 0 Å². The highest BCUT2D eigenvalue weighted by molar-refractivity contribution is 6.23. The normalized spacial score (nSPS) is 28.1. The van der Waals surface area contributed by atoms with Gasteiger partial charge in [0.2, 0.25) is 13.9 Å². The van der Waals surface area contributed by atoms with Crippen LogP contribution in [0.1, 0.15) is 6.92 Å². The molecule has 2 nitrogen and oxygen atoms in total. The van der Waals surface area contributed by atoms with Gasteiger partial charge in [0.25, 0.3) is 0 Å². The molecule has 1 heterocycles. The van der Waals surface area contributed by atoms with Gasteiger partial charge in [-0.2, -0.15) is 0 Å². The molecule has 0 N–H and O–H groups in total. The molecule has 2 radical (unpaired) electrons. The van der Waals surface area contributed by atoms with Crippen molar-refractivity contribution in [3.8, 4) is 0 Å². The van der Waals surface area contributed by atoms with Crippen LogP contribution in [0.4, 0.5) is 0 Å². The quantitative estimate of drug-likeness (QED) is 0.239. The largest absolute Gasteiger partial charge is 0.387 e. The summed E-state index contributed by atoms with van der Waals surface area (Å²) in [7, 11) is 5.18. The number of amides is 1. The van der Waals surface area contributed by atoms with Gasteiger partial charge < -0.3 is 4.81 Å². The van der Waals surface area contributed by atoms with Crippen molar-refractivity contribution in [2.75, 3.05) is 0 Å². The molecule has 0 bridgehead atoms. The van der Waals surface area contributed by atoms with Gasteiger partial charge in [0.05, 0.1) is 0 Å². The smallest absolute Gasteiger partial charge is 0.238 e. The predicted molar refractivity (Wildman–Crippen MR) is 31.2 cm³/mol. The Bertz CT molecular complexity index is 137. The average Bonchev–Trinajstić information content (AvgIpc) is 1.83. The van der Waals surface area contributed by atoms with Gasteiger partial charge in [0, 0.05) is 11.6 Å². The minimum Gasteiger partial charge on any atom is -0.387 e. The van der Waals surface area contributed by atoms with Crippen molar-refractivity contribution in [1.29, 1.82) is 0 Å². The molecule has 1 fully saturated rings. The summed E-state index contributed by atoms with van der Waals surface area (Å²) < 4.78 is 0. The lowest BCUT2D eigenvalue weighted by Crippen LogP contribution is -2.51. The molecule has 0 saturated carbocycles. The van der Waals surface area contributed by atoms with E-state index in [1.807, 2.05) is 6.92 Å². The summed E-state index contributed by atoms with van der Waals surface area (Å²) in [6.45, 7) is 5.34. The van der Waals surface area contributed by atoms with Crippen molar-refractivity contribution in [2.24, 2.45) is 0 Å². The van der Waals surface area contributed by atoms with E-state index in [9.17, 15) is 4.79 Å². The lowest BCUT2D eigenvalue weighted by Gasteiger charge is -2.37. The number of carbonyl (C=O) groups is 1. The second-order valence-electron chi connectivity index (χ2n) is 1.91. The molecule has 0 aromatic heterocycles. The maximum absolute atomic E-state index is 10.5. The van der Waals surface area contributed by atoms with E-state index < -0.39 is 0 Å². The maximum Gasteiger partial charge on any atom is 0.238 e. The third kappa shape index (κ3) is 0.413. The Morgan fingerprint density at radius 2 is 2.38 bits per heavy atom. The lowest BCUT2D eigenvalue weighted by atomic mass is 9.94. The van der Waals surface area contributed by atoms with Gasteiger partial charge in [-0.05, 0) is 6.92 Å². The van der Waals surface area contributed by atoms with E-state index in [0.717, 1.165) is 0 Å².